The summed E-state index contributed by atoms with van der Waals surface area (Å²) in [6.07, 6.45) is 0.511. The zero-order valence-electron chi connectivity index (χ0n) is 18.1. The van der Waals surface area contributed by atoms with Gasteiger partial charge < -0.3 is 9.64 Å². The highest BCUT2D eigenvalue weighted by Gasteiger charge is 2.34. The van der Waals surface area contributed by atoms with Gasteiger partial charge in [-0.1, -0.05) is 56.3 Å². The molecule has 0 saturated heterocycles. The second kappa shape index (κ2) is 10.3. The Morgan fingerprint density at radius 3 is 2.45 bits per heavy atom. The Bertz CT molecular complexity index is 929. The molecule has 0 bridgehead atoms. The van der Waals surface area contributed by atoms with Crippen LogP contribution in [-0.4, -0.2) is 54.2 Å². The minimum Gasteiger partial charge on any atom is -0.383 e. The number of amides is 2. The van der Waals surface area contributed by atoms with E-state index in [1.807, 2.05) is 30.3 Å². The fraction of sp³-hybridized carbons (Fsp3) is 0.375. The standard InChI is InChI=1S/C24H28FN3O3/c1-17(2)24(30)27(13-14-31-3)16-23(29)28-22(19-7-5-4-6-8-19)15-21(26-28)18-9-11-20(25)12-10-18/h4-12,17,22H,13-16H2,1-3H3/t22-/m1/s1. The molecule has 0 N–H and O–H groups in total. The summed E-state index contributed by atoms with van der Waals surface area (Å²) in [4.78, 5) is 27.4. The molecule has 2 aromatic rings. The van der Waals surface area contributed by atoms with Crippen LogP contribution in [0.1, 0.15) is 37.4 Å². The third kappa shape index (κ3) is 5.55. The summed E-state index contributed by atoms with van der Waals surface area (Å²) in [5.74, 6) is -0.929. The van der Waals surface area contributed by atoms with Crippen molar-refractivity contribution in [2.75, 3.05) is 26.8 Å². The molecule has 6 nitrogen and oxygen atoms in total. The molecule has 0 fully saturated rings. The van der Waals surface area contributed by atoms with E-state index in [0.717, 1.165) is 11.1 Å². The van der Waals surface area contributed by atoms with Crippen LogP contribution in [0.3, 0.4) is 0 Å². The van der Waals surface area contributed by atoms with Gasteiger partial charge in [0.25, 0.3) is 5.91 Å². The third-order valence-electron chi connectivity index (χ3n) is 5.22. The minimum atomic E-state index is -0.323. The smallest absolute Gasteiger partial charge is 0.262 e. The Morgan fingerprint density at radius 1 is 1.16 bits per heavy atom. The van der Waals surface area contributed by atoms with Crippen LogP contribution in [0.25, 0.3) is 0 Å². The maximum atomic E-state index is 13.4. The van der Waals surface area contributed by atoms with Gasteiger partial charge in [-0.15, -0.1) is 0 Å². The van der Waals surface area contributed by atoms with Crippen molar-refractivity contribution in [2.45, 2.75) is 26.3 Å². The minimum absolute atomic E-state index is 0.0795. The molecule has 0 aliphatic carbocycles. The van der Waals surface area contributed by atoms with Crippen LogP contribution >= 0.6 is 0 Å². The lowest BCUT2D eigenvalue weighted by molar-refractivity contribution is -0.143. The van der Waals surface area contributed by atoms with E-state index >= 15 is 0 Å². The van der Waals surface area contributed by atoms with Gasteiger partial charge in [-0.05, 0) is 23.3 Å². The van der Waals surface area contributed by atoms with Crippen molar-refractivity contribution in [1.29, 1.82) is 0 Å². The molecule has 2 amide bonds. The first-order chi connectivity index (χ1) is 14.9. The fourth-order valence-electron chi connectivity index (χ4n) is 3.56. The molecular formula is C24H28FN3O3. The van der Waals surface area contributed by atoms with Gasteiger partial charge in [0.1, 0.15) is 12.4 Å². The summed E-state index contributed by atoms with van der Waals surface area (Å²) in [5.41, 5.74) is 2.43. The molecule has 1 aliphatic heterocycles. The summed E-state index contributed by atoms with van der Waals surface area (Å²) in [5, 5.41) is 6.05. The van der Waals surface area contributed by atoms with Crippen LogP contribution in [0.5, 0.6) is 0 Å². The maximum Gasteiger partial charge on any atom is 0.262 e. The Kier molecular flexibility index (Phi) is 7.52. The number of carbonyl (C=O) groups is 2. The van der Waals surface area contributed by atoms with Gasteiger partial charge in [-0.25, -0.2) is 9.40 Å². The van der Waals surface area contributed by atoms with Crippen LogP contribution < -0.4 is 0 Å². The average Bonchev–Trinajstić information content (AvgIpc) is 3.22. The third-order valence-corrected chi connectivity index (χ3v) is 5.22. The van der Waals surface area contributed by atoms with Gasteiger partial charge in [0, 0.05) is 26.0 Å². The topological polar surface area (TPSA) is 62.2 Å². The molecule has 164 valence electrons. The Morgan fingerprint density at radius 2 is 1.84 bits per heavy atom. The Hall–Kier alpha value is -3.06. The summed E-state index contributed by atoms with van der Waals surface area (Å²) in [6.45, 7) is 4.21. The average molecular weight is 426 g/mol. The molecule has 7 heteroatoms. The molecule has 1 heterocycles. The number of rotatable bonds is 8. The number of benzene rings is 2. The number of methoxy groups -OCH3 is 1. The molecule has 0 spiro atoms. The lowest BCUT2D eigenvalue weighted by Crippen LogP contribution is -2.44. The SMILES string of the molecule is COCCN(CC(=O)N1N=C(c2ccc(F)cc2)C[C@@H]1c1ccccc1)C(=O)C(C)C. The molecule has 1 atom stereocenters. The van der Waals surface area contributed by atoms with Crippen molar-refractivity contribution in [2.24, 2.45) is 11.0 Å². The number of halogens is 1. The van der Waals surface area contributed by atoms with Crippen molar-refractivity contribution >= 4 is 17.5 Å². The number of nitrogens with zero attached hydrogens (tertiary/aromatic N) is 3. The fourth-order valence-corrected chi connectivity index (χ4v) is 3.56. The number of hydrogen-bond donors (Lipinski definition) is 0. The molecule has 31 heavy (non-hydrogen) atoms. The molecule has 0 saturated carbocycles. The summed E-state index contributed by atoms with van der Waals surface area (Å²) in [7, 11) is 1.56. The summed E-state index contributed by atoms with van der Waals surface area (Å²) >= 11 is 0. The highest BCUT2D eigenvalue weighted by Crippen LogP contribution is 2.33. The van der Waals surface area contributed by atoms with Gasteiger partial charge in [-0.2, -0.15) is 5.10 Å². The maximum absolute atomic E-state index is 13.4. The van der Waals surface area contributed by atoms with Crippen LogP contribution in [0.15, 0.2) is 59.7 Å². The van der Waals surface area contributed by atoms with E-state index in [0.29, 0.717) is 25.3 Å². The lowest BCUT2D eigenvalue weighted by Gasteiger charge is -2.28. The van der Waals surface area contributed by atoms with Crippen LogP contribution in [0.4, 0.5) is 4.39 Å². The number of carbonyl (C=O) groups excluding carboxylic acids is 2. The highest BCUT2D eigenvalue weighted by atomic mass is 19.1. The Labute approximate surface area is 182 Å². The first-order valence-electron chi connectivity index (χ1n) is 10.4. The molecule has 0 unspecified atom stereocenters. The highest BCUT2D eigenvalue weighted by molar-refractivity contribution is 6.03. The van der Waals surface area contributed by atoms with Crippen molar-refractivity contribution in [3.05, 3.63) is 71.5 Å². The monoisotopic (exact) mass is 425 g/mol. The molecule has 2 aromatic carbocycles. The van der Waals surface area contributed by atoms with E-state index in [-0.39, 0.29) is 36.1 Å². The zero-order chi connectivity index (χ0) is 22.4. The van der Waals surface area contributed by atoms with Gasteiger partial charge in [0.2, 0.25) is 5.91 Å². The van der Waals surface area contributed by atoms with Gasteiger partial charge in [0.05, 0.1) is 18.4 Å². The first-order valence-corrected chi connectivity index (χ1v) is 10.4. The van der Waals surface area contributed by atoms with Gasteiger partial charge >= 0.3 is 0 Å². The van der Waals surface area contributed by atoms with Crippen molar-refractivity contribution in [3.8, 4) is 0 Å². The summed E-state index contributed by atoms with van der Waals surface area (Å²) in [6, 6.07) is 15.5. The van der Waals surface area contributed by atoms with E-state index in [1.165, 1.54) is 22.0 Å². The molecular weight excluding hydrogens is 397 g/mol. The van der Waals surface area contributed by atoms with Gasteiger partial charge in [0.15, 0.2) is 0 Å². The quantitative estimate of drug-likeness (QED) is 0.649. The van der Waals surface area contributed by atoms with Crippen LogP contribution in [-0.2, 0) is 14.3 Å². The molecule has 1 aliphatic rings. The molecule has 0 aromatic heterocycles. The molecule has 3 rings (SSSR count). The Balaban J connectivity index is 1.87. The zero-order valence-corrected chi connectivity index (χ0v) is 18.1. The van der Waals surface area contributed by atoms with E-state index in [2.05, 4.69) is 5.10 Å². The molecule has 0 radical (unpaired) electrons. The van der Waals surface area contributed by atoms with E-state index in [4.69, 9.17) is 4.74 Å². The van der Waals surface area contributed by atoms with E-state index in [1.54, 1.807) is 33.1 Å². The van der Waals surface area contributed by atoms with Crippen LogP contribution in [0, 0.1) is 11.7 Å². The number of ether oxygens (including phenoxy) is 1. The normalized spacial score (nSPS) is 15.8. The van der Waals surface area contributed by atoms with Crippen molar-refractivity contribution < 1.29 is 18.7 Å². The van der Waals surface area contributed by atoms with Crippen LogP contribution in [0.2, 0.25) is 0 Å². The van der Waals surface area contributed by atoms with Crippen molar-refractivity contribution in [3.63, 3.8) is 0 Å². The van der Waals surface area contributed by atoms with Crippen molar-refractivity contribution in [1.82, 2.24) is 9.91 Å². The van der Waals surface area contributed by atoms with E-state index in [9.17, 15) is 14.0 Å². The largest absolute Gasteiger partial charge is 0.383 e. The second-order valence-electron chi connectivity index (χ2n) is 7.83. The predicted molar refractivity (Wildman–Crippen MR) is 117 cm³/mol. The van der Waals surface area contributed by atoms with E-state index < -0.39 is 0 Å². The first kappa shape index (κ1) is 22.6. The second-order valence-corrected chi connectivity index (χ2v) is 7.83. The lowest BCUT2D eigenvalue weighted by atomic mass is 9.98. The number of hydrogen-bond acceptors (Lipinski definition) is 4. The predicted octanol–water partition coefficient (Wildman–Crippen LogP) is 3.63. The van der Waals surface area contributed by atoms with Gasteiger partial charge in [-0.3, -0.25) is 9.59 Å². The number of hydrazone groups is 1. The summed E-state index contributed by atoms with van der Waals surface area (Å²) < 4.78 is 18.5.